The van der Waals surface area contributed by atoms with Gasteiger partial charge in [-0.3, -0.25) is 5.10 Å². The number of alkyl halides is 3. The number of nitrogens with one attached hydrogen (secondary N) is 2. The van der Waals surface area contributed by atoms with Crippen molar-refractivity contribution in [3.63, 3.8) is 0 Å². The minimum Gasteiger partial charge on any atom is -0.465 e. The highest BCUT2D eigenvalue weighted by molar-refractivity contribution is 5.94. The van der Waals surface area contributed by atoms with Gasteiger partial charge in [-0.25, -0.2) is 14.5 Å². The third-order valence-corrected chi connectivity index (χ3v) is 4.14. The van der Waals surface area contributed by atoms with Crippen molar-refractivity contribution in [3.05, 3.63) is 54.5 Å². The van der Waals surface area contributed by atoms with E-state index in [1.54, 1.807) is 24.5 Å². The monoisotopic (exact) mass is 418 g/mol. The van der Waals surface area contributed by atoms with Crippen molar-refractivity contribution in [3.8, 4) is 22.7 Å². The average Bonchev–Trinajstić information content (AvgIpc) is 3.34. The molecule has 1 aromatic carbocycles. The number of hydrogen-bond donors (Lipinski definition) is 3. The number of aromatic amines is 1. The summed E-state index contributed by atoms with van der Waals surface area (Å²) in [6, 6.07) is 8.56. The number of amides is 1. The van der Waals surface area contributed by atoms with E-state index in [1.807, 2.05) is 0 Å². The highest BCUT2D eigenvalue weighted by atomic mass is 19.4. The van der Waals surface area contributed by atoms with E-state index in [4.69, 9.17) is 5.11 Å². The Morgan fingerprint density at radius 2 is 1.97 bits per heavy atom. The molecular weight excluding hydrogens is 405 g/mol. The zero-order chi connectivity index (χ0) is 21.3. The second-order valence-electron chi connectivity index (χ2n) is 6.08. The molecule has 0 fully saturated rings. The first-order chi connectivity index (χ1) is 14.3. The number of nitrogens with zero attached hydrogens (tertiary/aromatic N) is 4. The fourth-order valence-electron chi connectivity index (χ4n) is 2.99. The molecule has 4 rings (SSSR count). The van der Waals surface area contributed by atoms with Crippen molar-refractivity contribution in [2.75, 3.05) is 0 Å². The van der Waals surface area contributed by atoms with Crippen molar-refractivity contribution in [1.82, 2.24) is 30.3 Å². The van der Waals surface area contributed by atoms with Gasteiger partial charge in [-0.2, -0.15) is 10.2 Å². The molecule has 9 nitrogen and oxygen atoms in total. The number of ether oxygens (including phenoxy) is 1. The van der Waals surface area contributed by atoms with Crippen LogP contribution in [0, 0.1) is 0 Å². The van der Waals surface area contributed by atoms with Crippen LogP contribution in [0.4, 0.5) is 18.0 Å². The van der Waals surface area contributed by atoms with Crippen molar-refractivity contribution in [2.45, 2.75) is 12.9 Å². The minimum absolute atomic E-state index is 0.1000. The maximum absolute atomic E-state index is 12.4. The molecule has 0 aliphatic carbocycles. The van der Waals surface area contributed by atoms with Gasteiger partial charge in [-0.05, 0) is 36.4 Å². The number of halogens is 3. The van der Waals surface area contributed by atoms with Gasteiger partial charge < -0.3 is 15.2 Å². The standard InChI is InChI=1S/C18H13F3N6O3/c19-18(20,21)30-11-3-1-10(2-4-11)27-16-15(14(26-27)9-23-17(28)29)12(5-7-22-16)13-6-8-24-25-13/h1-8,23H,9H2,(H,24,25)(H,28,29). The Morgan fingerprint density at radius 1 is 1.20 bits per heavy atom. The third kappa shape index (κ3) is 3.87. The first kappa shape index (κ1) is 19.2. The summed E-state index contributed by atoms with van der Waals surface area (Å²) in [5.74, 6) is -0.374. The molecule has 0 spiro atoms. The Bertz CT molecular complexity index is 1190. The molecule has 0 saturated heterocycles. The third-order valence-electron chi connectivity index (χ3n) is 4.14. The summed E-state index contributed by atoms with van der Waals surface area (Å²) >= 11 is 0. The second kappa shape index (κ2) is 7.39. The smallest absolute Gasteiger partial charge is 0.465 e. The lowest BCUT2D eigenvalue weighted by molar-refractivity contribution is -0.274. The summed E-state index contributed by atoms with van der Waals surface area (Å²) in [6.45, 7) is -0.1000. The Morgan fingerprint density at radius 3 is 2.60 bits per heavy atom. The van der Waals surface area contributed by atoms with Crippen LogP contribution in [0.3, 0.4) is 0 Å². The highest BCUT2D eigenvalue weighted by Gasteiger charge is 2.31. The van der Waals surface area contributed by atoms with Gasteiger partial charge in [0.25, 0.3) is 0 Å². The van der Waals surface area contributed by atoms with Crippen LogP contribution in [0.25, 0.3) is 28.0 Å². The fraction of sp³-hybridized carbons (Fsp3) is 0.111. The predicted octanol–water partition coefficient (Wildman–Crippen LogP) is 3.48. The SMILES string of the molecule is O=C(O)NCc1nn(-c2ccc(OC(F)(F)F)cc2)c2nccc(-c3cc[nH]n3)c12. The first-order valence-electron chi connectivity index (χ1n) is 8.51. The Labute approximate surface area is 166 Å². The van der Waals surface area contributed by atoms with E-state index in [0.717, 1.165) is 12.1 Å². The van der Waals surface area contributed by atoms with Crippen LogP contribution >= 0.6 is 0 Å². The molecule has 4 aromatic rings. The molecule has 0 unspecified atom stereocenters. The average molecular weight is 418 g/mol. The van der Waals surface area contributed by atoms with Crippen molar-refractivity contribution >= 4 is 17.1 Å². The van der Waals surface area contributed by atoms with E-state index in [1.165, 1.54) is 16.8 Å². The van der Waals surface area contributed by atoms with Gasteiger partial charge in [0, 0.05) is 18.0 Å². The Kier molecular flexibility index (Phi) is 4.74. The predicted molar refractivity (Wildman–Crippen MR) is 98.0 cm³/mol. The summed E-state index contributed by atoms with van der Waals surface area (Å²) in [7, 11) is 0. The molecule has 3 aromatic heterocycles. The topological polar surface area (TPSA) is 118 Å². The number of hydrogen-bond acceptors (Lipinski definition) is 5. The van der Waals surface area contributed by atoms with Crippen LogP contribution in [-0.4, -0.2) is 42.5 Å². The van der Waals surface area contributed by atoms with Gasteiger partial charge in [0.15, 0.2) is 5.65 Å². The number of rotatable bonds is 5. The molecule has 0 bridgehead atoms. The van der Waals surface area contributed by atoms with Crippen molar-refractivity contribution in [2.24, 2.45) is 0 Å². The van der Waals surface area contributed by atoms with Crippen LogP contribution < -0.4 is 10.1 Å². The van der Waals surface area contributed by atoms with Crippen LogP contribution in [0.2, 0.25) is 0 Å². The molecule has 0 aliphatic heterocycles. The molecular formula is C18H13F3N6O3. The van der Waals surface area contributed by atoms with E-state index in [2.05, 4.69) is 30.3 Å². The number of benzene rings is 1. The highest BCUT2D eigenvalue weighted by Crippen LogP contribution is 2.31. The zero-order valence-corrected chi connectivity index (χ0v) is 15.0. The molecule has 0 aliphatic rings. The molecule has 1 amide bonds. The van der Waals surface area contributed by atoms with Gasteiger partial charge in [0.05, 0.1) is 29.0 Å². The maximum Gasteiger partial charge on any atom is 0.573 e. The van der Waals surface area contributed by atoms with Gasteiger partial charge in [-0.15, -0.1) is 13.2 Å². The molecule has 3 N–H and O–H groups in total. The van der Waals surface area contributed by atoms with E-state index in [-0.39, 0.29) is 12.3 Å². The van der Waals surface area contributed by atoms with Gasteiger partial charge in [0.2, 0.25) is 0 Å². The number of carbonyl (C=O) groups is 1. The zero-order valence-electron chi connectivity index (χ0n) is 15.0. The van der Waals surface area contributed by atoms with Crippen molar-refractivity contribution in [1.29, 1.82) is 0 Å². The van der Waals surface area contributed by atoms with Crippen molar-refractivity contribution < 1.29 is 27.8 Å². The Hall–Kier alpha value is -4.09. The Balaban J connectivity index is 1.82. The van der Waals surface area contributed by atoms with Gasteiger partial charge in [-0.1, -0.05) is 0 Å². The number of H-pyrrole nitrogens is 1. The summed E-state index contributed by atoms with van der Waals surface area (Å²) in [4.78, 5) is 15.3. The lowest BCUT2D eigenvalue weighted by atomic mass is 10.1. The second-order valence-corrected chi connectivity index (χ2v) is 6.08. The number of aromatic nitrogens is 5. The van der Waals surface area contributed by atoms with Gasteiger partial charge in [0.1, 0.15) is 5.75 Å². The van der Waals surface area contributed by atoms with E-state index >= 15 is 0 Å². The van der Waals surface area contributed by atoms with E-state index < -0.39 is 12.5 Å². The molecule has 30 heavy (non-hydrogen) atoms. The maximum atomic E-state index is 12.4. The summed E-state index contributed by atoms with van der Waals surface area (Å²) in [5, 5.41) is 23.1. The van der Waals surface area contributed by atoms with Crippen LogP contribution in [0.15, 0.2) is 48.8 Å². The number of fused-ring (bicyclic) bond motifs is 1. The summed E-state index contributed by atoms with van der Waals surface area (Å²) < 4.78 is 42.5. The van der Waals surface area contributed by atoms with E-state index in [9.17, 15) is 18.0 Å². The first-order valence-corrected chi connectivity index (χ1v) is 8.51. The summed E-state index contributed by atoms with van der Waals surface area (Å²) in [5.41, 5.74) is 2.47. The molecule has 12 heteroatoms. The molecule has 3 heterocycles. The quantitative estimate of drug-likeness (QED) is 0.457. The van der Waals surface area contributed by atoms with Crippen LogP contribution in [0.5, 0.6) is 5.75 Å². The molecule has 0 radical (unpaired) electrons. The molecule has 0 saturated carbocycles. The lowest BCUT2D eigenvalue weighted by Gasteiger charge is -2.09. The van der Waals surface area contributed by atoms with Crippen LogP contribution in [-0.2, 0) is 6.54 Å². The number of pyridine rings is 1. The normalized spacial score (nSPS) is 11.6. The fourth-order valence-corrected chi connectivity index (χ4v) is 2.99. The molecule has 154 valence electrons. The largest absolute Gasteiger partial charge is 0.573 e. The van der Waals surface area contributed by atoms with Crippen LogP contribution in [0.1, 0.15) is 5.69 Å². The van der Waals surface area contributed by atoms with E-state index in [0.29, 0.717) is 33.7 Å². The summed E-state index contributed by atoms with van der Waals surface area (Å²) in [6.07, 6.45) is -2.84. The lowest BCUT2D eigenvalue weighted by Crippen LogP contribution is -2.20. The minimum atomic E-state index is -4.80. The molecule has 0 atom stereocenters. The number of carboxylic acid groups (broad SMARTS) is 1. The van der Waals surface area contributed by atoms with Gasteiger partial charge >= 0.3 is 12.5 Å².